The molecule has 2 aliphatic rings. The minimum atomic E-state index is -0.0863. The van der Waals surface area contributed by atoms with Crippen molar-refractivity contribution in [2.75, 3.05) is 13.1 Å². The predicted octanol–water partition coefficient (Wildman–Crippen LogP) is 3.53. The number of halogens is 1. The van der Waals surface area contributed by atoms with E-state index in [0.717, 1.165) is 17.0 Å². The van der Waals surface area contributed by atoms with Gasteiger partial charge in [-0.25, -0.2) is 9.97 Å². The van der Waals surface area contributed by atoms with Gasteiger partial charge in [0.2, 0.25) is 0 Å². The fourth-order valence-electron chi connectivity index (χ4n) is 4.08. The first kappa shape index (κ1) is 13.5. The highest BCUT2D eigenvalue weighted by Crippen LogP contribution is 2.39. The van der Waals surface area contributed by atoms with E-state index in [1.165, 1.54) is 38.8 Å². The molecule has 112 valence electrons. The van der Waals surface area contributed by atoms with E-state index in [-0.39, 0.29) is 5.38 Å². The Bertz CT molecular complexity index is 651. The van der Waals surface area contributed by atoms with E-state index in [1.54, 1.807) is 0 Å². The summed E-state index contributed by atoms with van der Waals surface area (Å²) in [5.41, 5.74) is 1.96. The third-order valence-corrected chi connectivity index (χ3v) is 5.18. The number of nitrogens with zero attached hydrogens (tertiary/aromatic N) is 4. The Balaban J connectivity index is 1.83. The highest BCUT2D eigenvalue weighted by atomic mass is 35.5. The number of fused-ring (bicyclic) bond motifs is 2. The second kappa shape index (κ2) is 5.25. The summed E-state index contributed by atoms with van der Waals surface area (Å²) in [4.78, 5) is 12.0. The van der Waals surface area contributed by atoms with Gasteiger partial charge in [-0.05, 0) is 44.9 Å². The van der Waals surface area contributed by atoms with E-state index in [2.05, 4.69) is 14.5 Å². The van der Waals surface area contributed by atoms with Gasteiger partial charge in [0.25, 0.3) is 0 Å². The Kier molecular flexibility index (Phi) is 3.38. The van der Waals surface area contributed by atoms with Gasteiger partial charge >= 0.3 is 0 Å². The normalized spacial score (nSPS) is 27.9. The van der Waals surface area contributed by atoms with Crippen molar-refractivity contribution >= 4 is 22.8 Å². The molecule has 2 aromatic rings. The summed E-state index contributed by atoms with van der Waals surface area (Å²) in [5.74, 6) is 0.975. The second-order valence-corrected chi connectivity index (χ2v) is 6.91. The zero-order chi connectivity index (χ0) is 14.4. The van der Waals surface area contributed by atoms with Gasteiger partial charge in [0.1, 0.15) is 11.3 Å². The van der Waals surface area contributed by atoms with Crippen molar-refractivity contribution in [2.45, 2.75) is 50.1 Å². The van der Waals surface area contributed by atoms with Crippen LogP contribution in [-0.2, 0) is 0 Å². The number of piperidine rings is 1. The third-order valence-electron chi connectivity index (χ3n) is 4.98. The summed E-state index contributed by atoms with van der Waals surface area (Å²) in [6.45, 7) is 4.44. The molecule has 2 aromatic heterocycles. The molecule has 0 N–H and O–H groups in total. The fraction of sp³-hybridized carbons (Fsp3) is 0.625. The summed E-state index contributed by atoms with van der Waals surface area (Å²) >= 11 is 6.41. The molecule has 0 aromatic carbocycles. The second-order valence-electron chi connectivity index (χ2n) is 6.26. The van der Waals surface area contributed by atoms with E-state index in [0.29, 0.717) is 12.1 Å². The molecule has 4 rings (SSSR count). The lowest BCUT2D eigenvalue weighted by molar-refractivity contribution is 0.173. The summed E-state index contributed by atoms with van der Waals surface area (Å²) < 4.78 is 2.34. The summed E-state index contributed by atoms with van der Waals surface area (Å²) in [7, 11) is 0. The van der Waals surface area contributed by atoms with Gasteiger partial charge in [-0.3, -0.25) is 4.90 Å². The minimum absolute atomic E-state index is 0.0863. The van der Waals surface area contributed by atoms with E-state index in [1.807, 2.05) is 25.3 Å². The van der Waals surface area contributed by atoms with Gasteiger partial charge in [-0.2, -0.15) is 0 Å². The van der Waals surface area contributed by atoms with Crippen LogP contribution in [0.1, 0.15) is 49.9 Å². The van der Waals surface area contributed by atoms with Crippen molar-refractivity contribution in [1.29, 1.82) is 0 Å². The van der Waals surface area contributed by atoms with Gasteiger partial charge in [0.15, 0.2) is 5.65 Å². The average molecular weight is 305 g/mol. The molecule has 2 saturated heterocycles. The maximum absolute atomic E-state index is 6.41. The van der Waals surface area contributed by atoms with Crippen LogP contribution in [0.15, 0.2) is 18.3 Å². The molecule has 3 atom stereocenters. The maximum Gasteiger partial charge on any atom is 0.160 e. The molecule has 4 heterocycles. The zero-order valence-electron chi connectivity index (χ0n) is 12.4. The number of aromatic nitrogens is 3. The Morgan fingerprint density at radius 3 is 3.00 bits per heavy atom. The van der Waals surface area contributed by atoms with Gasteiger partial charge in [-0.15, -0.1) is 11.6 Å². The molecule has 3 unspecified atom stereocenters. The number of rotatable bonds is 2. The van der Waals surface area contributed by atoms with E-state index < -0.39 is 0 Å². The first-order chi connectivity index (χ1) is 10.3. The number of hydrogen-bond donors (Lipinski definition) is 0. The van der Waals surface area contributed by atoms with Crippen LogP contribution in [0.5, 0.6) is 0 Å². The molecule has 0 spiro atoms. The van der Waals surface area contributed by atoms with E-state index in [4.69, 9.17) is 16.6 Å². The monoisotopic (exact) mass is 304 g/mol. The Hall–Kier alpha value is -1.13. The van der Waals surface area contributed by atoms with Crippen molar-refractivity contribution in [3.05, 3.63) is 24.2 Å². The summed E-state index contributed by atoms with van der Waals surface area (Å²) in [5, 5.41) is -0.0863. The van der Waals surface area contributed by atoms with Gasteiger partial charge in [-0.1, -0.05) is 6.42 Å². The van der Waals surface area contributed by atoms with Gasteiger partial charge in [0.05, 0.1) is 11.4 Å². The van der Waals surface area contributed by atoms with Gasteiger partial charge in [0, 0.05) is 18.8 Å². The smallest absolute Gasteiger partial charge is 0.160 e. The first-order valence-corrected chi connectivity index (χ1v) is 8.40. The molecule has 0 saturated carbocycles. The lowest BCUT2D eigenvalue weighted by Crippen LogP contribution is -2.38. The van der Waals surface area contributed by atoms with E-state index >= 15 is 0 Å². The van der Waals surface area contributed by atoms with Gasteiger partial charge < -0.3 is 4.57 Å². The van der Waals surface area contributed by atoms with Crippen LogP contribution in [-0.4, -0.2) is 38.6 Å². The summed E-state index contributed by atoms with van der Waals surface area (Å²) in [6.07, 6.45) is 7.00. The number of alkyl halides is 1. The van der Waals surface area contributed by atoms with Crippen LogP contribution in [0.2, 0.25) is 0 Å². The van der Waals surface area contributed by atoms with Crippen molar-refractivity contribution in [2.24, 2.45) is 0 Å². The Morgan fingerprint density at radius 1 is 1.24 bits per heavy atom. The molecule has 2 fully saturated rings. The Labute approximate surface area is 130 Å². The molecule has 0 bridgehead atoms. The van der Waals surface area contributed by atoms with Crippen LogP contribution in [0, 0.1) is 0 Å². The number of pyridine rings is 1. The lowest BCUT2D eigenvalue weighted by Gasteiger charge is -2.33. The molecule has 0 amide bonds. The highest BCUT2D eigenvalue weighted by Gasteiger charge is 2.38. The largest absolute Gasteiger partial charge is 0.307 e. The molecular weight excluding hydrogens is 284 g/mol. The lowest BCUT2D eigenvalue weighted by atomic mass is 9.98. The van der Waals surface area contributed by atoms with Crippen LogP contribution < -0.4 is 0 Å². The minimum Gasteiger partial charge on any atom is -0.307 e. The van der Waals surface area contributed by atoms with Crippen LogP contribution >= 0.6 is 11.6 Å². The van der Waals surface area contributed by atoms with Crippen molar-refractivity contribution in [3.8, 4) is 0 Å². The molecule has 4 nitrogen and oxygen atoms in total. The third kappa shape index (κ3) is 2.16. The number of hydrogen-bond acceptors (Lipinski definition) is 3. The van der Waals surface area contributed by atoms with Crippen LogP contribution in [0.4, 0.5) is 0 Å². The SMILES string of the molecule is CC(Cl)c1nc2cccnc2n1C1CCN2CCCCC12. The highest BCUT2D eigenvalue weighted by molar-refractivity contribution is 6.20. The maximum atomic E-state index is 6.41. The molecule has 0 radical (unpaired) electrons. The average Bonchev–Trinajstić information content (AvgIpc) is 3.07. The standard InChI is InChI=1S/C16H21ClN4/c1-11(17)15-19-12-5-4-8-18-16(12)21(15)14-7-10-20-9-3-2-6-13(14)20/h4-5,8,11,13-14H,2-3,6-7,9-10H2,1H3. The Morgan fingerprint density at radius 2 is 2.14 bits per heavy atom. The quantitative estimate of drug-likeness (QED) is 0.796. The molecule has 0 aliphatic carbocycles. The van der Waals surface area contributed by atoms with Crippen molar-refractivity contribution in [1.82, 2.24) is 19.4 Å². The molecule has 2 aliphatic heterocycles. The number of imidazole rings is 1. The zero-order valence-corrected chi connectivity index (χ0v) is 13.1. The molecular formula is C16H21ClN4. The first-order valence-electron chi connectivity index (χ1n) is 7.96. The predicted molar refractivity (Wildman–Crippen MR) is 84.7 cm³/mol. The fourth-order valence-corrected chi connectivity index (χ4v) is 4.23. The molecule has 21 heavy (non-hydrogen) atoms. The van der Waals surface area contributed by atoms with Crippen LogP contribution in [0.25, 0.3) is 11.2 Å². The van der Waals surface area contributed by atoms with Crippen molar-refractivity contribution < 1.29 is 0 Å². The van der Waals surface area contributed by atoms with E-state index in [9.17, 15) is 0 Å². The summed E-state index contributed by atoms with van der Waals surface area (Å²) in [6, 6.07) is 5.09. The molecule has 5 heteroatoms. The van der Waals surface area contributed by atoms with Crippen molar-refractivity contribution in [3.63, 3.8) is 0 Å². The topological polar surface area (TPSA) is 34.0 Å². The van der Waals surface area contributed by atoms with Crippen LogP contribution in [0.3, 0.4) is 0 Å².